The quantitative estimate of drug-likeness (QED) is 0.798. The Morgan fingerprint density at radius 2 is 2.00 bits per heavy atom. The molecule has 0 aliphatic carbocycles. The van der Waals surface area contributed by atoms with Gasteiger partial charge in [-0.05, 0) is 38.1 Å². The number of hydrogen-bond acceptors (Lipinski definition) is 3. The molecule has 0 fully saturated rings. The lowest BCUT2D eigenvalue weighted by Gasteiger charge is -2.28. The highest BCUT2D eigenvalue weighted by molar-refractivity contribution is 5.99. The van der Waals surface area contributed by atoms with Crippen LogP contribution in [0.2, 0.25) is 0 Å². The Morgan fingerprint density at radius 1 is 1.37 bits per heavy atom. The molecule has 0 saturated carbocycles. The van der Waals surface area contributed by atoms with E-state index in [-0.39, 0.29) is 11.3 Å². The van der Waals surface area contributed by atoms with Gasteiger partial charge in [0.05, 0.1) is 5.56 Å². The smallest absolute Gasteiger partial charge is 0.253 e. The first-order valence-corrected chi connectivity index (χ1v) is 6.51. The second-order valence-electron chi connectivity index (χ2n) is 6.12. The van der Waals surface area contributed by atoms with Gasteiger partial charge < -0.3 is 16.0 Å². The Balaban J connectivity index is 2.68. The molecule has 1 amide bonds. The maximum absolute atomic E-state index is 12.1. The fourth-order valence-corrected chi connectivity index (χ4v) is 2.21. The van der Waals surface area contributed by atoms with Crippen molar-refractivity contribution in [2.24, 2.45) is 5.41 Å². The molecule has 0 bridgehead atoms. The summed E-state index contributed by atoms with van der Waals surface area (Å²) >= 11 is 0. The highest BCUT2D eigenvalue weighted by atomic mass is 16.1. The molecule has 0 aliphatic rings. The number of carbonyl (C=O) groups excluding carboxylic acids is 1. The van der Waals surface area contributed by atoms with Crippen LogP contribution in [-0.4, -0.2) is 38.0 Å². The molecule has 0 saturated heterocycles. The van der Waals surface area contributed by atoms with Crippen molar-refractivity contribution >= 4 is 11.6 Å². The van der Waals surface area contributed by atoms with Gasteiger partial charge in [0.15, 0.2) is 0 Å². The summed E-state index contributed by atoms with van der Waals surface area (Å²) in [6.07, 6.45) is 0. The van der Waals surface area contributed by atoms with Crippen LogP contribution in [-0.2, 0) is 0 Å². The fraction of sp³-hybridized carbons (Fsp3) is 0.533. The number of carbonyl (C=O) groups is 1. The first-order valence-electron chi connectivity index (χ1n) is 6.51. The summed E-state index contributed by atoms with van der Waals surface area (Å²) in [5.41, 5.74) is 8.01. The van der Waals surface area contributed by atoms with Crippen molar-refractivity contribution in [1.29, 1.82) is 0 Å². The molecule has 19 heavy (non-hydrogen) atoms. The van der Waals surface area contributed by atoms with Crippen LogP contribution in [0.5, 0.6) is 0 Å². The number of nitrogens with one attached hydrogen (secondary N) is 1. The lowest BCUT2D eigenvalue weighted by molar-refractivity contribution is 0.0930. The van der Waals surface area contributed by atoms with Crippen molar-refractivity contribution in [3.05, 3.63) is 29.3 Å². The number of nitrogens with two attached hydrogens (primary N) is 1. The molecule has 1 aromatic carbocycles. The Morgan fingerprint density at radius 3 is 2.58 bits per heavy atom. The van der Waals surface area contributed by atoms with E-state index in [1.165, 1.54) is 0 Å². The van der Waals surface area contributed by atoms with Crippen molar-refractivity contribution < 1.29 is 4.79 Å². The Bertz CT molecular complexity index is 453. The summed E-state index contributed by atoms with van der Waals surface area (Å²) in [4.78, 5) is 14.3. The van der Waals surface area contributed by atoms with Crippen LogP contribution in [0.15, 0.2) is 18.2 Å². The SMILES string of the molecule is Cc1cccc(C(=O)NCC(C)(C)CN(C)C)c1N. The monoisotopic (exact) mass is 263 g/mol. The maximum atomic E-state index is 12.1. The molecule has 0 heterocycles. The van der Waals surface area contributed by atoms with Crippen LogP contribution in [0.25, 0.3) is 0 Å². The van der Waals surface area contributed by atoms with E-state index in [2.05, 4.69) is 24.1 Å². The third-order valence-corrected chi connectivity index (χ3v) is 3.04. The Kier molecular flexibility index (Phi) is 4.95. The van der Waals surface area contributed by atoms with E-state index in [1.54, 1.807) is 6.07 Å². The van der Waals surface area contributed by atoms with E-state index >= 15 is 0 Å². The van der Waals surface area contributed by atoms with Crippen molar-refractivity contribution in [3.8, 4) is 0 Å². The number of benzene rings is 1. The number of hydrogen-bond donors (Lipinski definition) is 2. The van der Waals surface area contributed by atoms with Gasteiger partial charge in [-0.2, -0.15) is 0 Å². The van der Waals surface area contributed by atoms with Gasteiger partial charge in [-0.25, -0.2) is 0 Å². The number of nitrogen functional groups attached to an aromatic ring is 1. The first kappa shape index (κ1) is 15.5. The van der Waals surface area contributed by atoms with Crippen LogP contribution in [0.3, 0.4) is 0 Å². The van der Waals surface area contributed by atoms with Gasteiger partial charge in [-0.15, -0.1) is 0 Å². The molecule has 4 nitrogen and oxygen atoms in total. The molecule has 3 N–H and O–H groups in total. The summed E-state index contributed by atoms with van der Waals surface area (Å²) < 4.78 is 0. The predicted octanol–water partition coefficient (Wildman–Crippen LogP) is 1.89. The molecular formula is C15H25N3O. The number of aryl methyl sites for hydroxylation is 1. The number of para-hydroxylation sites is 1. The Hall–Kier alpha value is -1.55. The van der Waals surface area contributed by atoms with Crippen LogP contribution < -0.4 is 11.1 Å². The third kappa shape index (κ3) is 4.56. The van der Waals surface area contributed by atoms with E-state index in [0.29, 0.717) is 17.8 Å². The molecule has 0 aromatic heterocycles. The second kappa shape index (κ2) is 6.06. The van der Waals surface area contributed by atoms with E-state index in [9.17, 15) is 4.79 Å². The molecule has 0 aliphatic heterocycles. The summed E-state index contributed by atoms with van der Waals surface area (Å²) in [7, 11) is 4.06. The average molecular weight is 263 g/mol. The first-order chi connectivity index (χ1) is 8.73. The highest BCUT2D eigenvalue weighted by Crippen LogP contribution is 2.18. The summed E-state index contributed by atoms with van der Waals surface area (Å²) in [6, 6.07) is 5.52. The molecule has 0 atom stereocenters. The molecule has 0 unspecified atom stereocenters. The van der Waals surface area contributed by atoms with Crippen molar-refractivity contribution in [2.75, 3.05) is 32.9 Å². The zero-order chi connectivity index (χ0) is 14.6. The van der Waals surface area contributed by atoms with Gasteiger partial charge >= 0.3 is 0 Å². The molecule has 1 rings (SSSR count). The molecular weight excluding hydrogens is 238 g/mol. The van der Waals surface area contributed by atoms with Crippen LogP contribution in [0, 0.1) is 12.3 Å². The van der Waals surface area contributed by atoms with Gasteiger partial charge in [-0.1, -0.05) is 26.0 Å². The van der Waals surface area contributed by atoms with E-state index in [1.807, 2.05) is 33.2 Å². The predicted molar refractivity (Wildman–Crippen MR) is 80.3 cm³/mol. The molecule has 106 valence electrons. The average Bonchev–Trinajstić information content (AvgIpc) is 2.28. The van der Waals surface area contributed by atoms with E-state index < -0.39 is 0 Å². The lowest BCUT2D eigenvalue weighted by atomic mass is 9.92. The largest absolute Gasteiger partial charge is 0.398 e. The van der Waals surface area contributed by atoms with Gasteiger partial charge in [0.2, 0.25) is 0 Å². The maximum Gasteiger partial charge on any atom is 0.253 e. The second-order valence-corrected chi connectivity index (χ2v) is 6.12. The van der Waals surface area contributed by atoms with Gasteiger partial charge in [-0.3, -0.25) is 4.79 Å². The third-order valence-electron chi connectivity index (χ3n) is 3.04. The molecule has 0 spiro atoms. The molecule has 4 heteroatoms. The number of amides is 1. The van der Waals surface area contributed by atoms with Crippen LogP contribution in [0.4, 0.5) is 5.69 Å². The fourth-order valence-electron chi connectivity index (χ4n) is 2.21. The van der Waals surface area contributed by atoms with Crippen LogP contribution in [0.1, 0.15) is 29.8 Å². The minimum absolute atomic E-state index is 0.0255. The number of rotatable bonds is 5. The van der Waals surface area contributed by atoms with Crippen molar-refractivity contribution in [1.82, 2.24) is 10.2 Å². The standard InChI is InChI=1S/C15H25N3O/c1-11-7-6-8-12(13(11)16)14(19)17-9-15(2,3)10-18(4)5/h6-8H,9-10,16H2,1-5H3,(H,17,19). The van der Waals surface area contributed by atoms with E-state index in [4.69, 9.17) is 5.73 Å². The normalized spacial score (nSPS) is 11.7. The Labute approximate surface area is 116 Å². The van der Waals surface area contributed by atoms with Crippen LogP contribution >= 0.6 is 0 Å². The molecule has 0 radical (unpaired) electrons. The molecule has 1 aromatic rings. The van der Waals surface area contributed by atoms with Gasteiger partial charge in [0.1, 0.15) is 0 Å². The number of nitrogens with zero attached hydrogens (tertiary/aromatic N) is 1. The van der Waals surface area contributed by atoms with Gasteiger partial charge in [0, 0.05) is 18.8 Å². The summed E-state index contributed by atoms with van der Waals surface area (Å²) in [5.74, 6) is -0.104. The lowest BCUT2D eigenvalue weighted by Crippen LogP contribution is -2.40. The zero-order valence-electron chi connectivity index (χ0n) is 12.6. The topological polar surface area (TPSA) is 58.4 Å². The minimum Gasteiger partial charge on any atom is -0.398 e. The summed E-state index contributed by atoms with van der Waals surface area (Å²) in [5, 5.41) is 2.97. The number of anilines is 1. The highest BCUT2D eigenvalue weighted by Gasteiger charge is 2.20. The van der Waals surface area contributed by atoms with Crippen molar-refractivity contribution in [3.63, 3.8) is 0 Å². The minimum atomic E-state index is -0.104. The van der Waals surface area contributed by atoms with E-state index in [0.717, 1.165) is 12.1 Å². The van der Waals surface area contributed by atoms with Gasteiger partial charge in [0.25, 0.3) is 5.91 Å². The van der Waals surface area contributed by atoms with Crippen molar-refractivity contribution in [2.45, 2.75) is 20.8 Å². The zero-order valence-corrected chi connectivity index (χ0v) is 12.6. The summed E-state index contributed by atoms with van der Waals surface area (Å²) in [6.45, 7) is 7.70.